The Bertz CT molecular complexity index is 453. The van der Waals surface area contributed by atoms with Gasteiger partial charge in [-0.3, -0.25) is 5.10 Å². The molecule has 4 heteroatoms. The maximum Gasteiger partial charge on any atom is 0.0991 e. The first-order valence-corrected chi connectivity index (χ1v) is 4.23. The zero-order valence-electron chi connectivity index (χ0n) is 7.44. The summed E-state index contributed by atoms with van der Waals surface area (Å²) < 4.78 is 0. The van der Waals surface area contributed by atoms with Gasteiger partial charge in [-0.15, -0.1) is 5.10 Å². The van der Waals surface area contributed by atoms with E-state index in [4.69, 9.17) is 5.26 Å². The van der Waals surface area contributed by atoms with Crippen LogP contribution in [0.2, 0.25) is 0 Å². The van der Waals surface area contributed by atoms with Crippen LogP contribution >= 0.6 is 0 Å². The lowest BCUT2D eigenvalue weighted by Crippen LogP contribution is -1.89. The van der Waals surface area contributed by atoms with Crippen LogP contribution in [0.5, 0.6) is 0 Å². The summed E-state index contributed by atoms with van der Waals surface area (Å²) in [4.78, 5) is 0. The third-order valence-electron chi connectivity index (χ3n) is 1.91. The van der Waals surface area contributed by atoms with E-state index >= 15 is 0 Å². The van der Waals surface area contributed by atoms with E-state index in [0.717, 1.165) is 11.3 Å². The van der Waals surface area contributed by atoms with Crippen LogP contribution < -0.4 is 0 Å². The maximum absolute atomic E-state index is 8.70. The minimum Gasteiger partial charge on any atom is -0.265 e. The highest BCUT2D eigenvalue weighted by atomic mass is 15.3. The lowest BCUT2D eigenvalue weighted by Gasteiger charge is -1.97. The Balaban J connectivity index is 2.22. The molecule has 0 atom stereocenters. The SMILES string of the molecule is N#Cc1cccc(Cc2c[nH]nn2)c1. The fourth-order valence-electron chi connectivity index (χ4n) is 1.27. The van der Waals surface area contributed by atoms with Gasteiger partial charge in [0.15, 0.2) is 0 Å². The molecule has 68 valence electrons. The largest absolute Gasteiger partial charge is 0.265 e. The second-order valence-corrected chi connectivity index (χ2v) is 2.95. The minimum atomic E-state index is 0.672. The van der Waals surface area contributed by atoms with Gasteiger partial charge in [-0.05, 0) is 17.7 Å². The Hall–Kier alpha value is -2.15. The number of aromatic nitrogens is 3. The zero-order valence-corrected chi connectivity index (χ0v) is 7.44. The molecule has 0 spiro atoms. The van der Waals surface area contributed by atoms with Crippen LogP contribution in [0.1, 0.15) is 16.8 Å². The molecular weight excluding hydrogens is 176 g/mol. The highest BCUT2D eigenvalue weighted by Crippen LogP contribution is 2.08. The summed E-state index contributed by atoms with van der Waals surface area (Å²) in [5.74, 6) is 0. The maximum atomic E-state index is 8.70. The normalized spacial score (nSPS) is 9.64. The Morgan fingerprint density at radius 3 is 3.07 bits per heavy atom. The highest BCUT2D eigenvalue weighted by molar-refractivity contribution is 5.34. The molecule has 1 heterocycles. The fraction of sp³-hybridized carbons (Fsp3) is 0.100. The van der Waals surface area contributed by atoms with E-state index in [0.29, 0.717) is 12.0 Å². The molecule has 0 saturated heterocycles. The molecule has 1 N–H and O–H groups in total. The van der Waals surface area contributed by atoms with Crippen LogP contribution in [0, 0.1) is 11.3 Å². The number of hydrogen-bond acceptors (Lipinski definition) is 3. The molecule has 0 saturated carbocycles. The molecule has 0 radical (unpaired) electrons. The van der Waals surface area contributed by atoms with E-state index in [1.807, 2.05) is 18.2 Å². The predicted octanol–water partition coefficient (Wildman–Crippen LogP) is 1.27. The topological polar surface area (TPSA) is 65.4 Å². The van der Waals surface area contributed by atoms with Crippen molar-refractivity contribution in [2.24, 2.45) is 0 Å². The molecule has 1 aromatic carbocycles. The summed E-state index contributed by atoms with van der Waals surface area (Å²) in [7, 11) is 0. The first-order chi connectivity index (χ1) is 6.88. The van der Waals surface area contributed by atoms with Gasteiger partial charge in [-0.1, -0.05) is 17.3 Å². The quantitative estimate of drug-likeness (QED) is 0.764. The highest BCUT2D eigenvalue weighted by Gasteiger charge is 1.99. The van der Waals surface area contributed by atoms with Crippen molar-refractivity contribution in [3.8, 4) is 6.07 Å². The Morgan fingerprint density at radius 1 is 1.43 bits per heavy atom. The summed E-state index contributed by atoms with van der Waals surface area (Å²) in [6, 6.07) is 9.58. The lowest BCUT2D eigenvalue weighted by atomic mass is 10.1. The van der Waals surface area contributed by atoms with Crippen LogP contribution in [0.15, 0.2) is 30.5 Å². The number of benzene rings is 1. The van der Waals surface area contributed by atoms with Crippen molar-refractivity contribution in [2.45, 2.75) is 6.42 Å². The first-order valence-electron chi connectivity index (χ1n) is 4.23. The minimum absolute atomic E-state index is 0.672. The molecule has 1 aromatic heterocycles. The number of nitriles is 1. The summed E-state index contributed by atoms with van der Waals surface area (Å²) in [6.07, 6.45) is 2.45. The molecule has 4 nitrogen and oxygen atoms in total. The Morgan fingerprint density at radius 2 is 2.36 bits per heavy atom. The molecule has 0 fully saturated rings. The molecule has 0 aliphatic heterocycles. The van der Waals surface area contributed by atoms with Gasteiger partial charge in [0.1, 0.15) is 0 Å². The van der Waals surface area contributed by atoms with Gasteiger partial charge < -0.3 is 0 Å². The number of nitrogens with one attached hydrogen (secondary N) is 1. The van der Waals surface area contributed by atoms with E-state index in [2.05, 4.69) is 21.5 Å². The van der Waals surface area contributed by atoms with E-state index in [1.54, 1.807) is 12.3 Å². The van der Waals surface area contributed by atoms with Gasteiger partial charge in [-0.2, -0.15) is 5.26 Å². The molecule has 0 aliphatic carbocycles. The van der Waals surface area contributed by atoms with Crippen molar-refractivity contribution in [2.75, 3.05) is 0 Å². The number of aromatic amines is 1. The van der Waals surface area contributed by atoms with Gasteiger partial charge >= 0.3 is 0 Å². The average Bonchev–Trinajstić information content (AvgIpc) is 2.71. The zero-order chi connectivity index (χ0) is 9.80. The molecule has 0 unspecified atom stereocenters. The van der Waals surface area contributed by atoms with E-state index < -0.39 is 0 Å². The summed E-state index contributed by atoms with van der Waals surface area (Å²) >= 11 is 0. The van der Waals surface area contributed by atoms with Gasteiger partial charge in [0, 0.05) is 12.6 Å². The van der Waals surface area contributed by atoms with Crippen molar-refractivity contribution < 1.29 is 0 Å². The second-order valence-electron chi connectivity index (χ2n) is 2.95. The monoisotopic (exact) mass is 184 g/mol. The fourth-order valence-corrected chi connectivity index (χ4v) is 1.27. The van der Waals surface area contributed by atoms with E-state index in [9.17, 15) is 0 Å². The molecular formula is C10H8N4. The Labute approximate surface area is 81.2 Å². The van der Waals surface area contributed by atoms with Crippen molar-refractivity contribution in [1.29, 1.82) is 5.26 Å². The van der Waals surface area contributed by atoms with Gasteiger partial charge in [0.05, 0.1) is 17.3 Å². The molecule has 2 aromatic rings. The van der Waals surface area contributed by atoms with Crippen LogP contribution in [-0.4, -0.2) is 15.4 Å². The van der Waals surface area contributed by atoms with Crippen LogP contribution in [0.4, 0.5) is 0 Å². The first kappa shape index (κ1) is 8.45. The smallest absolute Gasteiger partial charge is 0.0991 e. The summed E-state index contributed by atoms with van der Waals surface area (Å²) in [5.41, 5.74) is 2.61. The number of hydrogen-bond donors (Lipinski definition) is 1. The van der Waals surface area contributed by atoms with Crippen LogP contribution in [0.25, 0.3) is 0 Å². The van der Waals surface area contributed by atoms with Crippen LogP contribution in [0.3, 0.4) is 0 Å². The van der Waals surface area contributed by atoms with E-state index in [1.165, 1.54) is 0 Å². The standard InChI is InChI=1S/C10H8N4/c11-6-9-3-1-2-8(4-9)5-10-7-12-14-13-10/h1-4,7H,5H2,(H,12,13,14). The number of nitrogens with zero attached hydrogens (tertiary/aromatic N) is 3. The third-order valence-corrected chi connectivity index (χ3v) is 1.91. The molecule has 0 amide bonds. The molecule has 0 aliphatic rings. The van der Waals surface area contributed by atoms with Crippen molar-refractivity contribution >= 4 is 0 Å². The molecule has 0 bridgehead atoms. The van der Waals surface area contributed by atoms with Crippen molar-refractivity contribution in [3.63, 3.8) is 0 Å². The van der Waals surface area contributed by atoms with Gasteiger partial charge in [0.25, 0.3) is 0 Å². The third kappa shape index (κ3) is 1.77. The predicted molar refractivity (Wildman–Crippen MR) is 50.3 cm³/mol. The molecule has 14 heavy (non-hydrogen) atoms. The Kier molecular flexibility index (Phi) is 2.24. The average molecular weight is 184 g/mol. The van der Waals surface area contributed by atoms with E-state index in [-0.39, 0.29) is 0 Å². The summed E-state index contributed by atoms with van der Waals surface area (Å²) in [5, 5.41) is 18.9. The number of H-pyrrole nitrogens is 1. The molecule has 2 rings (SSSR count). The van der Waals surface area contributed by atoms with Crippen LogP contribution in [-0.2, 0) is 6.42 Å². The summed E-state index contributed by atoms with van der Waals surface area (Å²) in [6.45, 7) is 0. The number of rotatable bonds is 2. The second kappa shape index (κ2) is 3.71. The van der Waals surface area contributed by atoms with Gasteiger partial charge in [0.2, 0.25) is 0 Å². The van der Waals surface area contributed by atoms with Crippen molar-refractivity contribution in [1.82, 2.24) is 15.4 Å². The van der Waals surface area contributed by atoms with Crippen molar-refractivity contribution in [3.05, 3.63) is 47.3 Å². The lowest BCUT2D eigenvalue weighted by molar-refractivity contribution is 0.915. The van der Waals surface area contributed by atoms with Gasteiger partial charge in [-0.25, -0.2) is 0 Å².